The van der Waals surface area contributed by atoms with Crippen LogP contribution in [0.5, 0.6) is 0 Å². The van der Waals surface area contributed by atoms with E-state index in [1.807, 2.05) is 6.92 Å². The first kappa shape index (κ1) is 18.4. The van der Waals surface area contributed by atoms with Crippen molar-refractivity contribution in [1.82, 2.24) is 15.5 Å². The van der Waals surface area contributed by atoms with Gasteiger partial charge in [0.2, 0.25) is 5.91 Å². The highest BCUT2D eigenvalue weighted by Gasteiger charge is 2.28. The highest BCUT2D eigenvalue weighted by molar-refractivity contribution is 5.82. The van der Waals surface area contributed by atoms with Gasteiger partial charge < -0.3 is 15.4 Å². The van der Waals surface area contributed by atoms with Crippen molar-refractivity contribution in [1.29, 1.82) is 0 Å². The Hall–Kier alpha value is -1.43. The van der Waals surface area contributed by atoms with Crippen molar-refractivity contribution in [2.45, 2.75) is 64.4 Å². The van der Waals surface area contributed by atoms with E-state index in [9.17, 15) is 4.79 Å². The van der Waals surface area contributed by atoms with Gasteiger partial charge in [-0.05, 0) is 44.4 Å². The van der Waals surface area contributed by atoms with Crippen LogP contribution in [0.3, 0.4) is 0 Å². The van der Waals surface area contributed by atoms with Crippen molar-refractivity contribution in [3.63, 3.8) is 0 Å². The fourth-order valence-corrected chi connectivity index (χ4v) is 3.82. The molecule has 0 aromatic heterocycles. The van der Waals surface area contributed by atoms with Crippen molar-refractivity contribution in [3.05, 3.63) is 35.4 Å². The van der Waals surface area contributed by atoms with Crippen LogP contribution >= 0.6 is 0 Å². The smallest absolute Gasteiger partial charge is 0.240 e. The van der Waals surface area contributed by atoms with Gasteiger partial charge in [0.1, 0.15) is 6.04 Å². The van der Waals surface area contributed by atoms with Gasteiger partial charge in [0.15, 0.2) is 0 Å². The number of rotatable bonds is 5. The van der Waals surface area contributed by atoms with Crippen LogP contribution in [-0.2, 0) is 22.6 Å². The largest absolute Gasteiger partial charge is 0.375 e. The maximum atomic E-state index is 12.5. The number of amides is 1. The van der Waals surface area contributed by atoms with Crippen LogP contribution < -0.4 is 10.6 Å². The summed E-state index contributed by atoms with van der Waals surface area (Å²) in [7, 11) is 0. The second kappa shape index (κ2) is 8.79. The van der Waals surface area contributed by atoms with Crippen LogP contribution in [-0.4, -0.2) is 48.7 Å². The van der Waals surface area contributed by atoms with E-state index in [1.165, 1.54) is 36.9 Å². The number of hydrogen-bond donors (Lipinski definition) is 2. The predicted molar refractivity (Wildman–Crippen MR) is 99.2 cm³/mol. The van der Waals surface area contributed by atoms with E-state index in [1.54, 1.807) is 0 Å². The number of likely N-dealkylation sites (tertiary alicyclic amines) is 1. The second-order valence-corrected chi connectivity index (χ2v) is 7.31. The molecule has 0 saturated carbocycles. The Labute approximate surface area is 151 Å². The maximum Gasteiger partial charge on any atom is 0.240 e. The number of ether oxygens (including phenoxy) is 1. The van der Waals surface area contributed by atoms with Gasteiger partial charge in [-0.2, -0.15) is 0 Å². The zero-order valence-electron chi connectivity index (χ0n) is 15.5. The van der Waals surface area contributed by atoms with Crippen molar-refractivity contribution in [2.24, 2.45) is 0 Å². The third-order valence-corrected chi connectivity index (χ3v) is 5.48. The summed E-state index contributed by atoms with van der Waals surface area (Å²) in [6.07, 6.45) is 3.82. The standard InChI is InChI=1S/C20H31N3O2/c1-15-7-5-6-11-23(15)14-18-9-4-3-8-17(18)13-22-20(24)19-16(2)25-12-10-21-19/h3-4,8-9,15-16,19,21H,5-7,10-14H2,1-2H3,(H,22,24)/t15?,16-,19+/m1/s1. The van der Waals surface area contributed by atoms with Crippen LogP contribution in [0.15, 0.2) is 24.3 Å². The highest BCUT2D eigenvalue weighted by Crippen LogP contribution is 2.20. The van der Waals surface area contributed by atoms with E-state index >= 15 is 0 Å². The predicted octanol–water partition coefficient (Wildman–Crippen LogP) is 2.05. The molecule has 3 atom stereocenters. The van der Waals surface area contributed by atoms with Crippen molar-refractivity contribution in [3.8, 4) is 0 Å². The molecule has 1 aromatic rings. The van der Waals surface area contributed by atoms with Gasteiger partial charge in [-0.25, -0.2) is 0 Å². The van der Waals surface area contributed by atoms with E-state index in [2.05, 4.69) is 46.7 Å². The molecule has 2 heterocycles. The number of benzene rings is 1. The molecule has 5 heteroatoms. The Morgan fingerprint density at radius 3 is 2.84 bits per heavy atom. The lowest BCUT2D eigenvalue weighted by molar-refractivity contribution is -0.129. The molecule has 3 rings (SSSR count). The summed E-state index contributed by atoms with van der Waals surface area (Å²) in [5.74, 6) is 0.0216. The molecule has 25 heavy (non-hydrogen) atoms. The van der Waals surface area contributed by atoms with Gasteiger partial charge in [-0.15, -0.1) is 0 Å². The number of hydrogen-bond acceptors (Lipinski definition) is 4. The fraction of sp³-hybridized carbons (Fsp3) is 0.650. The number of carbonyl (C=O) groups is 1. The topological polar surface area (TPSA) is 53.6 Å². The Morgan fingerprint density at radius 1 is 1.28 bits per heavy atom. The monoisotopic (exact) mass is 345 g/mol. The first-order valence-corrected chi connectivity index (χ1v) is 9.58. The summed E-state index contributed by atoms with van der Waals surface area (Å²) in [6.45, 7) is 8.37. The molecule has 1 unspecified atom stereocenters. The molecule has 0 spiro atoms. The quantitative estimate of drug-likeness (QED) is 0.858. The van der Waals surface area contributed by atoms with Crippen LogP contribution in [0.25, 0.3) is 0 Å². The van der Waals surface area contributed by atoms with Crippen molar-refractivity contribution in [2.75, 3.05) is 19.7 Å². The Kier molecular flexibility index (Phi) is 6.45. The average molecular weight is 345 g/mol. The molecular weight excluding hydrogens is 314 g/mol. The van der Waals surface area contributed by atoms with E-state index in [0.717, 1.165) is 13.1 Å². The zero-order chi connectivity index (χ0) is 17.6. The Balaban J connectivity index is 1.59. The summed E-state index contributed by atoms with van der Waals surface area (Å²) < 4.78 is 5.57. The number of piperidine rings is 1. The molecule has 2 fully saturated rings. The lowest BCUT2D eigenvalue weighted by atomic mass is 10.0. The minimum Gasteiger partial charge on any atom is -0.375 e. The van der Waals surface area contributed by atoms with E-state index < -0.39 is 0 Å². The molecule has 1 aromatic carbocycles. The summed E-state index contributed by atoms with van der Waals surface area (Å²) in [5.41, 5.74) is 2.52. The lowest BCUT2D eigenvalue weighted by Gasteiger charge is -2.34. The van der Waals surface area contributed by atoms with Gasteiger partial charge in [-0.1, -0.05) is 30.7 Å². The molecule has 0 aliphatic carbocycles. The number of nitrogens with one attached hydrogen (secondary N) is 2. The summed E-state index contributed by atoms with van der Waals surface area (Å²) in [5, 5.41) is 6.33. The number of morpholine rings is 1. The van der Waals surface area contributed by atoms with Crippen LogP contribution in [0.2, 0.25) is 0 Å². The number of nitrogens with zero attached hydrogens (tertiary/aromatic N) is 1. The van der Waals surface area contributed by atoms with E-state index in [0.29, 0.717) is 19.2 Å². The lowest BCUT2D eigenvalue weighted by Crippen LogP contribution is -2.55. The van der Waals surface area contributed by atoms with Gasteiger partial charge in [0, 0.05) is 25.7 Å². The van der Waals surface area contributed by atoms with E-state index in [4.69, 9.17) is 4.74 Å². The van der Waals surface area contributed by atoms with Crippen molar-refractivity contribution >= 4 is 5.91 Å². The number of carbonyl (C=O) groups excluding carboxylic acids is 1. The van der Waals surface area contributed by atoms with Gasteiger partial charge in [0.05, 0.1) is 12.7 Å². The van der Waals surface area contributed by atoms with Crippen LogP contribution in [0, 0.1) is 0 Å². The molecule has 2 aliphatic rings. The normalized spacial score (nSPS) is 27.8. The Bertz CT molecular complexity index is 578. The fourth-order valence-electron chi connectivity index (χ4n) is 3.82. The minimum atomic E-state index is -0.261. The molecule has 0 bridgehead atoms. The SMILES string of the molecule is CC1CCCCN1Cc1ccccc1CNC(=O)[C@H]1NCCO[C@@H]1C. The van der Waals surface area contributed by atoms with Gasteiger partial charge in [0.25, 0.3) is 0 Å². The average Bonchev–Trinajstić information content (AvgIpc) is 2.63. The Morgan fingerprint density at radius 2 is 2.08 bits per heavy atom. The minimum absolute atomic E-state index is 0.0216. The van der Waals surface area contributed by atoms with Crippen LogP contribution in [0.1, 0.15) is 44.2 Å². The first-order valence-electron chi connectivity index (χ1n) is 9.58. The zero-order valence-corrected chi connectivity index (χ0v) is 15.5. The third-order valence-electron chi connectivity index (χ3n) is 5.48. The molecular formula is C20H31N3O2. The molecule has 1 amide bonds. The van der Waals surface area contributed by atoms with Crippen molar-refractivity contribution < 1.29 is 9.53 Å². The molecule has 2 N–H and O–H groups in total. The molecule has 138 valence electrons. The van der Waals surface area contributed by atoms with E-state index in [-0.39, 0.29) is 18.1 Å². The summed E-state index contributed by atoms with van der Waals surface area (Å²) in [4.78, 5) is 15.0. The third kappa shape index (κ3) is 4.81. The molecule has 2 aliphatic heterocycles. The van der Waals surface area contributed by atoms with Gasteiger partial charge in [-0.3, -0.25) is 9.69 Å². The summed E-state index contributed by atoms with van der Waals surface area (Å²) in [6, 6.07) is 8.83. The molecule has 5 nitrogen and oxygen atoms in total. The molecule has 0 radical (unpaired) electrons. The van der Waals surface area contributed by atoms with Crippen LogP contribution in [0.4, 0.5) is 0 Å². The maximum absolute atomic E-state index is 12.5. The summed E-state index contributed by atoms with van der Waals surface area (Å²) >= 11 is 0. The first-order chi connectivity index (χ1) is 12.1. The molecule has 2 saturated heterocycles. The second-order valence-electron chi connectivity index (χ2n) is 7.31. The highest BCUT2D eigenvalue weighted by atomic mass is 16.5. The van der Waals surface area contributed by atoms with Gasteiger partial charge >= 0.3 is 0 Å².